The first-order valence-electron chi connectivity index (χ1n) is 7.31. The largest absolute Gasteiger partial charge is 0.449 e. The standard InChI is InChI=1S/C17H18ClN3O2/c1-10-12-6-5-7-13(18)15(12)23-14(10)16(22)20-11-8-19-21(9-11)17(2,3)4/h5-9H,1-4H3,(H,20,22). The van der Waals surface area contributed by atoms with E-state index in [1.165, 1.54) is 0 Å². The predicted octanol–water partition coefficient (Wildman–Crippen LogP) is 4.60. The van der Waals surface area contributed by atoms with Gasteiger partial charge in [-0.1, -0.05) is 23.7 Å². The van der Waals surface area contributed by atoms with Gasteiger partial charge in [0.05, 0.1) is 22.4 Å². The lowest BCUT2D eigenvalue weighted by Gasteiger charge is -2.18. The summed E-state index contributed by atoms with van der Waals surface area (Å²) in [6.07, 6.45) is 3.41. The number of nitrogens with zero attached hydrogens (tertiary/aromatic N) is 2. The van der Waals surface area contributed by atoms with E-state index in [0.717, 1.165) is 10.9 Å². The molecule has 0 atom stereocenters. The fourth-order valence-corrected chi connectivity index (χ4v) is 2.58. The van der Waals surface area contributed by atoms with Gasteiger partial charge in [-0.25, -0.2) is 0 Å². The van der Waals surface area contributed by atoms with Crippen molar-refractivity contribution in [1.29, 1.82) is 0 Å². The second-order valence-corrected chi connectivity index (χ2v) is 6.88. The minimum Gasteiger partial charge on any atom is -0.449 e. The molecule has 0 unspecified atom stereocenters. The fraction of sp³-hybridized carbons (Fsp3) is 0.294. The van der Waals surface area contributed by atoms with Crippen molar-refractivity contribution >= 4 is 34.2 Å². The van der Waals surface area contributed by atoms with Crippen LogP contribution in [-0.2, 0) is 5.54 Å². The highest BCUT2D eigenvalue weighted by atomic mass is 35.5. The highest BCUT2D eigenvalue weighted by Gasteiger charge is 2.20. The number of aryl methyl sites for hydroxylation is 1. The molecule has 0 aliphatic carbocycles. The van der Waals surface area contributed by atoms with Gasteiger partial charge in [0.25, 0.3) is 5.91 Å². The maximum Gasteiger partial charge on any atom is 0.291 e. The number of amides is 1. The monoisotopic (exact) mass is 331 g/mol. The number of carbonyl (C=O) groups is 1. The minimum atomic E-state index is -0.316. The lowest BCUT2D eigenvalue weighted by Crippen LogP contribution is -2.22. The molecule has 1 aromatic carbocycles. The van der Waals surface area contributed by atoms with Crippen molar-refractivity contribution < 1.29 is 9.21 Å². The lowest BCUT2D eigenvalue weighted by atomic mass is 10.1. The average molecular weight is 332 g/mol. The summed E-state index contributed by atoms with van der Waals surface area (Å²) in [5.74, 6) is -0.0557. The molecule has 0 aliphatic heterocycles. The third-order valence-electron chi connectivity index (χ3n) is 3.65. The normalized spacial score (nSPS) is 11.9. The number of anilines is 1. The smallest absolute Gasteiger partial charge is 0.291 e. The second-order valence-electron chi connectivity index (χ2n) is 6.47. The highest BCUT2D eigenvalue weighted by Crippen LogP contribution is 2.31. The van der Waals surface area contributed by atoms with Gasteiger partial charge in [-0.05, 0) is 33.8 Å². The number of nitrogens with one attached hydrogen (secondary N) is 1. The van der Waals surface area contributed by atoms with E-state index in [4.69, 9.17) is 16.0 Å². The van der Waals surface area contributed by atoms with Crippen molar-refractivity contribution in [1.82, 2.24) is 9.78 Å². The Morgan fingerprint density at radius 3 is 2.70 bits per heavy atom. The van der Waals surface area contributed by atoms with Gasteiger partial charge in [0.15, 0.2) is 11.3 Å². The molecule has 2 heterocycles. The molecular formula is C17H18ClN3O2. The molecule has 0 spiro atoms. The van der Waals surface area contributed by atoms with E-state index < -0.39 is 0 Å². The fourth-order valence-electron chi connectivity index (χ4n) is 2.37. The maximum atomic E-state index is 12.5. The minimum absolute atomic E-state index is 0.147. The molecule has 0 radical (unpaired) electrons. The van der Waals surface area contributed by atoms with Crippen LogP contribution in [0.2, 0.25) is 5.02 Å². The molecule has 3 aromatic rings. The van der Waals surface area contributed by atoms with Gasteiger partial charge < -0.3 is 9.73 Å². The van der Waals surface area contributed by atoms with Crippen LogP contribution >= 0.6 is 11.6 Å². The number of rotatable bonds is 2. The summed E-state index contributed by atoms with van der Waals surface area (Å²) in [7, 11) is 0. The average Bonchev–Trinajstić information content (AvgIpc) is 3.05. The van der Waals surface area contributed by atoms with Crippen LogP contribution in [0, 0.1) is 6.92 Å². The Morgan fingerprint density at radius 1 is 1.35 bits per heavy atom. The summed E-state index contributed by atoms with van der Waals surface area (Å²) in [5, 5.41) is 8.41. The topological polar surface area (TPSA) is 60.1 Å². The van der Waals surface area contributed by atoms with E-state index in [2.05, 4.69) is 10.4 Å². The van der Waals surface area contributed by atoms with Crippen LogP contribution in [0.4, 0.5) is 5.69 Å². The number of hydrogen-bond donors (Lipinski definition) is 1. The third kappa shape index (κ3) is 2.84. The van der Waals surface area contributed by atoms with Crippen molar-refractivity contribution in [3.63, 3.8) is 0 Å². The number of fused-ring (bicyclic) bond motifs is 1. The van der Waals surface area contributed by atoms with Crippen LogP contribution in [-0.4, -0.2) is 15.7 Å². The Hall–Kier alpha value is -2.27. The number of hydrogen-bond acceptors (Lipinski definition) is 3. The number of aromatic nitrogens is 2. The molecule has 3 rings (SSSR count). The second kappa shape index (κ2) is 5.42. The number of benzene rings is 1. The van der Waals surface area contributed by atoms with E-state index in [9.17, 15) is 4.79 Å². The Labute approximate surface area is 139 Å². The molecule has 0 aliphatic rings. The summed E-state index contributed by atoms with van der Waals surface area (Å²) in [6.45, 7) is 7.96. The van der Waals surface area contributed by atoms with Crippen molar-refractivity contribution in [3.8, 4) is 0 Å². The molecule has 1 N–H and O–H groups in total. The summed E-state index contributed by atoms with van der Waals surface area (Å²) in [6, 6.07) is 5.46. The highest BCUT2D eigenvalue weighted by molar-refractivity contribution is 6.35. The molecular weight excluding hydrogens is 314 g/mol. The van der Waals surface area contributed by atoms with E-state index in [0.29, 0.717) is 16.3 Å². The molecule has 2 aromatic heterocycles. The summed E-state index contributed by atoms with van der Waals surface area (Å²) in [5.41, 5.74) is 1.77. The zero-order chi connectivity index (χ0) is 16.8. The quantitative estimate of drug-likeness (QED) is 0.746. The number of para-hydroxylation sites is 1. The summed E-state index contributed by atoms with van der Waals surface area (Å²) >= 11 is 6.12. The van der Waals surface area contributed by atoms with Crippen LogP contribution in [0.5, 0.6) is 0 Å². The van der Waals surface area contributed by atoms with Crippen molar-refractivity contribution in [2.45, 2.75) is 33.2 Å². The molecule has 5 nitrogen and oxygen atoms in total. The molecule has 0 saturated heterocycles. The molecule has 120 valence electrons. The van der Waals surface area contributed by atoms with Crippen LogP contribution in [0.15, 0.2) is 35.0 Å². The first kappa shape index (κ1) is 15.6. The number of furan rings is 1. The predicted molar refractivity (Wildman–Crippen MR) is 91.1 cm³/mol. The van der Waals surface area contributed by atoms with Crippen LogP contribution in [0.3, 0.4) is 0 Å². The molecule has 23 heavy (non-hydrogen) atoms. The van der Waals surface area contributed by atoms with Crippen LogP contribution in [0.1, 0.15) is 36.9 Å². The SMILES string of the molecule is Cc1c(C(=O)Nc2cnn(C(C)(C)C)c2)oc2c(Cl)cccc12. The van der Waals surface area contributed by atoms with Crippen molar-refractivity contribution in [2.24, 2.45) is 0 Å². The van der Waals surface area contributed by atoms with Crippen molar-refractivity contribution in [2.75, 3.05) is 5.32 Å². The van der Waals surface area contributed by atoms with E-state index in [1.54, 1.807) is 23.1 Å². The van der Waals surface area contributed by atoms with Crippen LogP contribution < -0.4 is 5.32 Å². The number of carbonyl (C=O) groups excluding carboxylic acids is 1. The van der Waals surface area contributed by atoms with Gasteiger partial charge in [-0.15, -0.1) is 0 Å². The van der Waals surface area contributed by atoms with E-state index >= 15 is 0 Å². The van der Waals surface area contributed by atoms with Gasteiger partial charge in [0, 0.05) is 17.1 Å². The van der Waals surface area contributed by atoms with Gasteiger partial charge in [0.1, 0.15) is 0 Å². The molecule has 1 amide bonds. The molecule has 0 fully saturated rings. The number of halogens is 1. The van der Waals surface area contributed by atoms with Gasteiger partial charge in [-0.3, -0.25) is 9.48 Å². The zero-order valence-electron chi connectivity index (χ0n) is 13.5. The third-order valence-corrected chi connectivity index (χ3v) is 3.95. The van der Waals surface area contributed by atoms with E-state index in [-0.39, 0.29) is 17.2 Å². The van der Waals surface area contributed by atoms with E-state index in [1.807, 2.05) is 39.8 Å². The Bertz CT molecular complexity index is 887. The molecule has 0 saturated carbocycles. The first-order chi connectivity index (χ1) is 10.8. The van der Waals surface area contributed by atoms with Crippen LogP contribution in [0.25, 0.3) is 11.0 Å². The Kier molecular flexibility index (Phi) is 3.68. The first-order valence-corrected chi connectivity index (χ1v) is 7.69. The van der Waals surface area contributed by atoms with Gasteiger partial charge >= 0.3 is 0 Å². The Morgan fingerprint density at radius 2 is 2.09 bits per heavy atom. The van der Waals surface area contributed by atoms with Gasteiger partial charge in [0.2, 0.25) is 0 Å². The summed E-state index contributed by atoms with van der Waals surface area (Å²) in [4.78, 5) is 12.5. The maximum absolute atomic E-state index is 12.5. The zero-order valence-corrected chi connectivity index (χ0v) is 14.2. The van der Waals surface area contributed by atoms with Gasteiger partial charge in [-0.2, -0.15) is 5.10 Å². The molecule has 6 heteroatoms. The summed E-state index contributed by atoms with van der Waals surface area (Å²) < 4.78 is 7.46. The van der Waals surface area contributed by atoms with Crippen molar-refractivity contribution in [3.05, 3.63) is 46.9 Å². The Balaban J connectivity index is 1.91. The lowest BCUT2D eigenvalue weighted by molar-refractivity contribution is 0.0998. The molecule has 0 bridgehead atoms.